The molecule has 98 valence electrons. The highest BCUT2D eigenvalue weighted by atomic mass is 32.1. The summed E-state index contributed by atoms with van der Waals surface area (Å²) in [6, 6.07) is 2.80. The SMILES string of the molecule is Cc1cnc2c(c1)[nH]c(=S)n2C1C2C3CCC(C3)C21. The van der Waals surface area contributed by atoms with Crippen LogP contribution >= 0.6 is 12.2 Å². The van der Waals surface area contributed by atoms with Crippen LogP contribution < -0.4 is 0 Å². The Morgan fingerprint density at radius 1 is 1.32 bits per heavy atom. The third-order valence-electron chi connectivity index (χ3n) is 5.68. The first-order chi connectivity index (χ1) is 9.24. The number of hydrogen-bond donors (Lipinski definition) is 1. The van der Waals surface area contributed by atoms with Crippen LogP contribution in [0.5, 0.6) is 0 Å². The molecular formula is C15H17N3S. The molecule has 5 rings (SSSR count). The maximum absolute atomic E-state index is 5.56. The molecule has 0 saturated heterocycles. The lowest BCUT2D eigenvalue weighted by Crippen LogP contribution is -2.05. The smallest absolute Gasteiger partial charge is 0.179 e. The Morgan fingerprint density at radius 3 is 2.79 bits per heavy atom. The Balaban J connectivity index is 1.67. The molecule has 19 heavy (non-hydrogen) atoms. The minimum Gasteiger partial charge on any atom is -0.329 e. The topological polar surface area (TPSA) is 33.6 Å². The number of hydrogen-bond acceptors (Lipinski definition) is 2. The number of nitrogens with zero attached hydrogens (tertiary/aromatic N) is 2. The Bertz CT molecular complexity index is 727. The van der Waals surface area contributed by atoms with Crippen molar-refractivity contribution in [1.82, 2.24) is 14.5 Å². The van der Waals surface area contributed by atoms with Gasteiger partial charge in [-0.25, -0.2) is 4.98 Å². The zero-order valence-corrected chi connectivity index (χ0v) is 11.8. The van der Waals surface area contributed by atoms with Crippen LogP contribution in [0.15, 0.2) is 12.3 Å². The summed E-state index contributed by atoms with van der Waals surface area (Å²) in [6.07, 6.45) is 6.33. The fraction of sp³-hybridized carbons (Fsp3) is 0.600. The Hall–Kier alpha value is -1.16. The molecule has 2 bridgehead atoms. The minimum atomic E-state index is 0.641. The molecule has 3 aliphatic rings. The molecule has 4 unspecified atom stereocenters. The van der Waals surface area contributed by atoms with E-state index >= 15 is 0 Å². The van der Waals surface area contributed by atoms with Gasteiger partial charge in [0.05, 0.1) is 5.52 Å². The van der Waals surface area contributed by atoms with Gasteiger partial charge in [0.2, 0.25) is 0 Å². The molecule has 0 aliphatic heterocycles. The first-order valence-corrected chi connectivity index (χ1v) is 7.72. The molecule has 3 fully saturated rings. The van der Waals surface area contributed by atoms with E-state index in [1.165, 1.54) is 24.8 Å². The number of fused-ring (bicyclic) bond motifs is 6. The van der Waals surface area contributed by atoms with Crippen molar-refractivity contribution in [3.05, 3.63) is 22.6 Å². The van der Waals surface area contributed by atoms with Gasteiger partial charge in [-0.15, -0.1) is 0 Å². The monoisotopic (exact) mass is 271 g/mol. The Kier molecular flexibility index (Phi) is 1.84. The van der Waals surface area contributed by atoms with E-state index in [0.717, 1.165) is 39.6 Å². The molecule has 0 spiro atoms. The van der Waals surface area contributed by atoms with Gasteiger partial charge in [-0.2, -0.15) is 0 Å². The maximum atomic E-state index is 5.56. The summed E-state index contributed by atoms with van der Waals surface area (Å²) in [5.41, 5.74) is 3.35. The van der Waals surface area contributed by atoms with Crippen LogP contribution in [0.4, 0.5) is 0 Å². The van der Waals surface area contributed by atoms with E-state index in [2.05, 4.69) is 27.5 Å². The van der Waals surface area contributed by atoms with Gasteiger partial charge in [0.15, 0.2) is 10.4 Å². The van der Waals surface area contributed by atoms with Crippen LogP contribution in [0.3, 0.4) is 0 Å². The zero-order chi connectivity index (χ0) is 12.7. The molecule has 4 atom stereocenters. The standard InChI is InChI=1S/C15H17N3S/c1-7-4-10-14(16-6-7)18(15(19)17-10)13-11-8-2-3-9(5-8)12(11)13/h4,6,8-9,11-13H,2-3,5H2,1H3,(H,17,19). The predicted molar refractivity (Wildman–Crippen MR) is 76.5 cm³/mol. The minimum absolute atomic E-state index is 0.641. The van der Waals surface area contributed by atoms with Crippen LogP contribution in [-0.2, 0) is 0 Å². The molecule has 3 saturated carbocycles. The molecule has 3 aliphatic carbocycles. The molecule has 2 heterocycles. The average Bonchev–Trinajstić information content (AvgIpc) is 2.74. The molecule has 2 aromatic heterocycles. The predicted octanol–water partition coefficient (Wildman–Crippen LogP) is 3.62. The number of pyridine rings is 1. The van der Waals surface area contributed by atoms with Crippen molar-refractivity contribution in [2.75, 3.05) is 0 Å². The van der Waals surface area contributed by atoms with Gasteiger partial charge in [0.1, 0.15) is 0 Å². The van der Waals surface area contributed by atoms with E-state index in [0.29, 0.717) is 6.04 Å². The third kappa shape index (κ3) is 1.23. The van der Waals surface area contributed by atoms with E-state index < -0.39 is 0 Å². The summed E-state index contributed by atoms with van der Waals surface area (Å²) >= 11 is 5.56. The quantitative estimate of drug-likeness (QED) is 0.804. The lowest BCUT2D eigenvalue weighted by atomic mass is 10.0. The van der Waals surface area contributed by atoms with Crippen molar-refractivity contribution in [1.29, 1.82) is 0 Å². The van der Waals surface area contributed by atoms with Gasteiger partial charge >= 0.3 is 0 Å². The summed E-state index contributed by atoms with van der Waals surface area (Å²) in [7, 11) is 0. The number of rotatable bonds is 1. The van der Waals surface area contributed by atoms with E-state index in [9.17, 15) is 0 Å². The van der Waals surface area contributed by atoms with Crippen LogP contribution in [0, 0.1) is 35.4 Å². The van der Waals surface area contributed by atoms with E-state index in [1.54, 1.807) is 0 Å². The largest absolute Gasteiger partial charge is 0.329 e. The maximum Gasteiger partial charge on any atom is 0.179 e. The van der Waals surface area contributed by atoms with Crippen molar-refractivity contribution in [3.63, 3.8) is 0 Å². The summed E-state index contributed by atoms with van der Waals surface area (Å²) in [4.78, 5) is 7.97. The van der Waals surface area contributed by atoms with Gasteiger partial charge in [0.25, 0.3) is 0 Å². The molecule has 0 radical (unpaired) electrons. The second kappa shape index (κ2) is 3.29. The Morgan fingerprint density at radius 2 is 2.05 bits per heavy atom. The van der Waals surface area contributed by atoms with Crippen molar-refractivity contribution in [3.8, 4) is 0 Å². The zero-order valence-electron chi connectivity index (χ0n) is 11.0. The van der Waals surface area contributed by atoms with E-state index in [-0.39, 0.29) is 0 Å². The van der Waals surface area contributed by atoms with Gasteiger partial charge in [-0.3, -0.25) is 4.57 Å². The fourth-order valence-electron chi connectivity index (χ4n) is 5.02. The number of nitrogens with one attached hydrogen (secondary N) is 1. The lowest BCUT2D eigenvalue weighted by molar-refractivity contribution is 0.456. The van der Waals surface area contributed by atoms with E-state index in [1.807, 2.05) is 6.20 Å². The molecule has 0 amide bonds. The summed E-state index contributed by atoms with van der Waals surface area (Å²) in [6.45, 7) is 2.08. The number of H-pyrrole nitrogens is 1. The molecule has 0 aromatic carbocycles. The fourth-order valence-corrected chi connectivity index (χ4v) is 5.34. The second-order valence-corrected chi connectivity index (χ2v) is 7.05. The number of imidazole rings is 1. The first-order valence-electron chi connectivity index (χ1n) is 7.31. The van der Waals surface area contributed by atoms with Gasteiger partial charge < -0.3 is 4.98 Å². The van der Waals surface area contributed by atoms with Crippen molar-refractivity contribution < 1.29 is 0 Å². The normalized spacial score (nSPS) is 38.9. The lowest BCUT2D eigenvalue weighted by Gasteiger charge is -2.10. The highest BCUT2D eigenvalue weighted by molar-refractivity contribution is 7.71. The Labute approximate surface area is 117 Å². The van der Waals surface area contributed by atoms with Crippen molar-refractivity contribution in [2.24, 2.45) is 23.7 Å². The molecule has 2 aromatic rings. The van der Waals surface area contributed by atoms with Crippen LogP contribution in [0.1, 0.15) is 30.9 Å². The first kappa shape index (κ1) is 10.6. The van der Waals surface area contributed by atoms with E-state index in [4.69, 9.17) is 12.2 Å². The number of aromatic amines is 1. The molecule has 3 nitrogen and oxygen atoms in total. The third-order valence-corrected chi connectivity index (χ3v) is 5.98. The summed E-state index contributed by atoms with van der Waals surface area (Å²) < 4.78 is 3.19. The van der Waals surface area contributed by atoms with Crippen LogP contribution in [-0.4, -0.2) is 14.5 Å². The highest BCUT2D eigenvalue weighted by Gasteiger charge is 2.66. The molecule has 4 heteroatoms. The molecule has 1 N–H and O–H groups in total. The number of aromatic nitrogens is 3. The van der Waals surface area contributed by atoms with Crippen LogP contribution in [0.2, 0.25) is 0 Å². The second-order valence-electron chi connectivity index (χ2n) is 6.66. The highest BCUT2D eigenvalue weighted by Crippen LogP contribution is 2.71. The average molecular weight is 271 g/mol. The van der Waals surface area contributed by atoms with Gasteiger partial charge in [-0.1, -0.05) is 0 Å². The van der Waals surface area contributed by atoms with Gasteiger partial charge in [-0.05, 0) is 73.7 Å². The van der Waals surface area contributed by atoms with Crippen LogP contribution in [0.25, 0.3) is 11.2 Å². The van der Waals surface area contributed by atoms with Crippen molar-refractivity contribution >= 4 is 23.4 Å². The number of aryl methyl sites for hydroxylation is 1. The van der Waals surface area contributed by atoms with Gasteiger partial charge in [0, 0.05) is 12.2 Å². The summed E-state index contributed by atoms with van der Waals surface area (Å²) in [5, 5.41) is 0. The van der Waals surface area contributed by atoms with Crippen molar-refractivity contribution in [2.45, 2.75) is 32.2 Å². The molecular weight excluding hydrogens is 254 g/mol. The summed E-state index contributed by atoms with van der Waals surface area (Å²) in [5.74, 6) is 3.73.